The minimum Gasteiger partial charge on any atom is -0.368 e. The molecule has 132 valence electrons. The lowest BCUT2D eigenvalue weighted by molar-refractivity contribution is -0.122. The van der Waals surface area contributed by atoms with Gasteiger partial charge >= 0.3 is 6.03 Å². The van der Waals surface area contributed by atoms with Gasteiger partial charge in [0.25, 0.3) is 0 Å². The van der Waals surface area contributed by atoms with Crippen molar-refractivity contribution in [2.75, 3.05) is 24.5 Å². The van der Waals surface area contributed by atoms with Crippen LogP contribution in [0.15, 0.2) is 18.5 Å². The molecule has 0 saturated carbocycles. The van der Waals surface area contributed by atoms with E-state index in [0.29, 0.717) is 30.0 Å². The smallest absolute Gasteiger partial charge is 0.321 e. The third kappa shape index (κ3) is 2.77. The summed E-state index contributed by atoms with van der Waals surface area (Å²) in [5.41, 5.74) is 1.68. The SMILES string of the molecule is O=C1NCC(c2cc(N3CC[C@@H](C(F)F)C3)c3nccn3n2)C(=O)N1. The quantitative estimate of drug-likeness (QED) is 0.852. The Balaban J connectivity index is 1.71. The summed E-state index contributed by atoms with van der Waals surface area (Å²) in [6.07, 6.45) is 1.25. The number of rotatable bonds is 3. The molecule has 3 amide bonds. The Morgan fingerprint density at radius 1 is 1.32 bits per heavy atom. The van der Waals surface area contributed by atoms with Gasteiger partial charge in [-0.3, -0.25) is 10.1 Å². The van der Waals surface area contributed by atoms with Gasteiger partial charge in [0.05, 0.1) is 17.3 Å². The standard InChI is InChI=1S/C15H16F2N6O2/c16-12(17)8-1-3-22(7-8)11-5-10(21-23-4-2-18-13(11)23)9-6-19-15(25)20-14(9)24/h2,4-5,8-9,12H,1,3,6-7H2,(H2,19,20,24,25)/t8-,9?/m1/s1. The van der Waals surface area contributed by atoms with Crippen molar-refractivity contribution >= 4 is 23.3 Å². The fraction of sp³-hybridized carbons (Fsp3) is 0.467. The predicted molar refractivity (Wildman–Crippen MR) is 83.6 cm³/mol. The van der Waals surface area contributed by atoms with E-state index in [1.54, 1.807) is 18.5 Å². The maximum Gasteiger partial charge on any atom is 0.321 e. The van der Waals surface area contributed by atoms with Crippen LogP contribution < -0.4 is 15.5 Å². The first-order chi connectivity index (χ1) is 12.0. The van der Waals surface area contributed by atoms with Crippen LogP contribution in [0.5, 0.6) is 0 Å². The second-order valence-corrected chi connectivity index (χ2v) is 6.23. The zero-order valence-corrected chi connectivity index (χ0v) is 13.2. The van der Waals surface area contributed by atoms with Crippen LogP contribution in [0, 0.1) is 5.92 Å². The molecule has 4 rings (SSSR count). The first-order valence-electron chi connectivity index (χ1n) is 7.99. The number of alkyl halides is 2. The molecule has 0 bridgehead atoms. The molecule has 0 aliphatic carbocycles. The van der Waals surface area contributed by atoms with Crippen LogP contribution in [-0.2, 0) is 4.79 Å². The number of imidazole rings is 1. The van der Waals surface area contributed by atoms with Crippen molar-refractivity contribution in [1.82, 2.24) is 25.2 Å². The number of imide groups is 1. The molecule has 8 nitrogen and oxygen atoms in total. The summed E-state index contributed by atoms with van der Waals surface area (Å²) < 4.78 is 27.5. The van der Waals surface area contributed by atoms with Crippen molar-refractivity contribution in [2.24, 2.45) is 5.92 Å². The first kappa shape index (κ1) is 15.7. The average molecular weight is 350 g/mol. The highest BCUT2D eigenvalue weighted by Crippen LogP contribution is 2.31. The zero-order chi connectivity index (χ0) is 17.6. The number of carbonyl (C=O) groups is 2. The van der Waals surface area contributed by atoms with E-state index < -0.39 is 30.2 Å². The van der Waals surface area contributed by atoms with Gasteiger partial charge in [0.1, 0.15) is 0 Å². The van der Waals surface area contributed by atoms with E-state index in [1.807, 2.05) is 4.90 Å². The molecule has 2 atom stereocenters. The molecule has 2 aliphatic heterocycles. The number of amides is 3. The molecule has 2 aromatic heterocycles. The van der Waals surface area contributed by atoms with Crippen LogP contribution in [0.3, 0.4) is 0 Å². The van der Waals surface area contributed by atoms with E-state index >= 15 is 0 Å². The lowest BCUT2D eigenvalue weighted by Gasteiger charge is -2.24. The van der Waals surface area contributed by atoms with Crippen molar-refractivity contribution in [3.8, 4) is 0 Å². The van der Waals surface area contributed by atoms with E-state index in [4.69, 9.17) is 0 Å². The van der Waals surface area contributed by atoms with Crippen molar-refractivity contribution in [2.45, 2.75) is 18.8 Å². The molecule has 2 saturated heterocycles. The number of aromatic nitrogens is 3. The van der Waals surface area contributed by atoms with Gasteiger partial charge in [-0.25, -0.2) is 23.1 Å². The Bertz CT molecular complexity index is 839. The minimum absolute atomic E-state index is 0.136. The number of nitrogens with zero attached hydrogens (tertiary/aromatic N) is 4. The summed E-state index contributed by atoms with van der Waals surface area (Å²) in [7, 11) is 0. The zero-order valence-electron chi connectivity index (χ0n) is 13.2. The Kier molecular flexibility index (Phi) is 3.74. The van der Waals surface area contributed by atoms with Gasteiger partial charge in [-0.2, -0.15) is 5.10 Å². The molecule has 2 N–H and O–H groups in total. The summed E-state index contributed by atoms with van der Waals surface area (Å²) in [4.78, 5) is 29.4. The summed E-state index contributed by atoms with van der Waals surface area (Å²) >= 11 is 0. The molecular formula is C15H16F2N6O2. The Morgan fingerprint density at radius 2 is 2.16 bits per heavy atom. The van der Waals surface area contributed by atoms with Gasteiger partial charge in [0.15, 0.2) is 5.65 Å². The molecule has 25 heavy (non-hydrogen) atoms. The second-order valence-electron chi connectivity index (χ2n) is 6.23. The van der Waals surface area contributed by atoms with Gasteiger partial charge in [0.2, 0.25) is 12.3 Å². The van der Waals surface area contributed by atoms with Gasteiger partial charge in [-0.1, -0.05) is 0 Å². The molecule has 2 aromatic rings. The molecule has 4 heterocycles. The van der Waals surface area contributed by atoms with Gasteiger partial charge < -0.3 is 10.2 Å². The highest BCUT2D eigenvalue weighted by atomic mass is 19.3. The summed E-state index contributed by atoms with van der Waals surface area (Å²) in [6, 6.07) is 1.17. The first-order valence-corrected chi connectivity index (χ1v) is 7.99. The Labute approximate surface area is 141 Å². The highest BCUT2D eigenvalue weighted by molar-refractivity contribution is 6.00. The summed E-state index contributed by atoms with van der Waals surface area (Å²) in [5.74, 6) is -1.76. The molecular weight excluding hydrogens is 334 g/mol. The predicted octanol–water partition coefficient (Wildman–Crippen LogP) is 0.744. The lowest BCUT2D eigenvalue weighted by Crippen LogP contribution is -2.51. The van der Waals surface area contributed by atoms with E-state index in [-0.39, 0.29) is 13.1 Å². The third-order valence-corrected chi connectivity index (χ3v) is 4.66. The number of carbonyl (C=O) groups excluding carboxylic acids is 2. The fourth-order valence-corrected chi connectivity index (χ4v) is 3.30. The molecule has 0 spiro atoms. The van der Waals surface area contributed by atoms with Crippen LogP contribution in [0.2, 0.25) is 0 Å². The maximum atomic E-state index is 13.0. The lowest BCUT2D eigenvalue weighted by atomic mass is 10.0. The van der Waals surface area contributed by atoms with Gasteiger partial charge in [0, 0.05) is 37.9 Å². The van der Waals surface area contributed by atoms with Crippen LogP contribution in [0.25, 0.3) is 5.65 Å². The number of hydrogen-bond acceptors (Lipinski definition) is 5. The van der Waals surface area contributed by atoms with E-state index in [0.717, 1.165) is 0 Å². The maximum absolute atomic E-state index is 13.0. The molecule has 2 aliphatic rings. The van der Waals surface area contributed by atoms with Gasteiger partial charge in [-0.15, -0.1) is 0 Å². The van der Waals surface area contributed by atoms with Crippen molar-refractivity contribution in [3.05, 3.63) is 24.2 Å². The van der Waals surface area contributed by atoms with Crippen molar-refractivity contribution < 1.29 is 18.4 Å². The molecule has 10 heteroatoms. The van der Waals surface area contributed by atoms with Gasteiger partial charge in [-0.05, 0) is 12.5 Å². The van der Waals surface area contributed by atoms with Crippen LogP contribution >= 0.6 is 0 Å². The minimum atomic E-state index is -2.36. The van der Waals surface area contributed by atoms with Crippen LogP contribution in [0.4, 0.5) is 19.3 Å². The van der Waals surface area contributed by atoms with Crippen LogP contribution in [-0.4, -0.2) is 52.6 Å². The second kappa shape index (κ2) is 5.94. The molecule has 1 unspecified atom stereocenters. The monoisotopic (exact) mass is 350 g/mol. The van der Waals surface area contributed by atoms with E-state index in [9.17, 15) is 18.4 Å². The van der Waals surface area contributed by atoms with Crippen molar-refractivity contribution in [3.63, 3.8) is 0 Å². The average Bonchev–Trinajstić information content (AvgIpc) is 3.23. The molecule has 0 aromatic carbocycles. The number of nitrogens with one attached hydrogen (secondary N) is 2. The third-order valence-electron chi connectivity index (χ3n) is 4.66. The largest absolute Gasteiger partial charge is 0.368 e. The number of hydrogen-bond donors (Lipinski definition) is 2. The normalized spacial score (nSPS) is 24.0. The topological polar surface area (TPSA) is 91.6 Å². The summed E-state index contributed by atoms with van der Waals surface area (Å²) in [5, 5.41) is 9.17. The van der Waals surface area contributed by atoms with E-state index in [2.05, 4.69) is 20.7 Å². The van der Waals surface area contributed by atoms with E-state index in [1.165, 1.54) is 4.52 Å². The summed E-state index contributed by atoms with van der Waals surface area (Å²) in [6.45, 7) is 0.864. The number of anilines is 1. The molecule has 0 radical (unpaired) electrons. The number of fused-ring (bicyclic) bond motifs is 1. The Hall–Kier alpha value is -2.78. The van der Waals surface area contributed by atoms with Crippen molar-refractivity contribution in [1.29, 1.82) is 0 Å². The number of halogens is 2. The fourth-order valence-electron chi connectivity index (χ4n) is 3.30. The highest BCUT2D eigenvalue weighted by Gasteiger charge is 2.33. The Morgan fingerprint density at radius 3 is 2.88 bits per heavy atom. The van der Waals surface area contributed by atoms with Crippen LogP contribution in [0.1, 0.15) is 18.0 Å². The number of urea groups is 1. The molecule has 2 fully saturated rings.